The van der Waals surface area contributed by atoms with E-state index < -0.39 is 0 Å². The van der Waals surface area contributed by atoms with Crippen LogP contribution in [-0.2, 0) is 4.79 Å². The van der Waals surface area contributed by atoms with Crippen molar-refractivity contribution in [2.45, 2.75) is 18.9 Å². The molecule has 7 heteroatoms. The summed E-state index contributed by atoms with van der Waals surface area (Å²) in [5.74, 6) is 0.943. The second-order valence-electron chi connectivity index (χ2n) is 6.50. The molecule has 1 saturated carbocycles. The second kappa shape index (κ2) is 6.42. The number of ether oxygens (including phenoxy) is 2. The highest BCUT2D eigenvalue weighted by atomic mass is 32.2. The van der Waals surface area contributed by atoms with Crippen molar-refractivity contribution in [3.05, 3.63) is 58.8 Å². The van der Waals surface area contributed by atoms with E-state index in [-0.39, 0.29) is 24.6 Å². The van der Waals surface area contributed by atoms with Crippen molar-refractivity contribution in [2.24, 2.45) is 4.99 Å². The molecular formula is C20H15FN2O3S. The zero-order valence-corrected chi connectivity index (χ0v) is 15.0. The molecule has 3 aliphatic rings. The molecule has 2 aliphatic heterocycles. The molecule has 2 aromatic rings. The smallest absolute Gasteiger partial charge is 0.267 e. The number of fused-ring (bicyclic) bond motifs is 1. The molecule has 27 heavy (non-hydrogen) atoms. The summed E-state index contributed by atoms with van der Waals surface area (Å²) in [6, 6.07) is 11.9. The van der Waals surface area contributed by atoms with Gasteiger partial charge in [-0.1, -0.05) is 12.1 Å². The number of hydrogen-bond acceptors (Lipinski definition) is 5. The predicted octanol–water partition coefficient (Wildman–Crippen LogP) is 4.32. The fourth-order valence-electron chi connectivity index (χ4n) is 3.03. The predicted molar refractivity (Wildman–Crippen MR) is 101 cm³/mol. The van der Waals surface area contributed by atoms with E-state index in [9.17, 15) is 9.18 Å². The molecule has 2 heterocycles. The van der Waals surface area contributed by atoms with Crippen molar-refractivity contribution < 1.29 is 18.7 Å². The summed E-state index contributed by atoms with van der Waals surface area (Å²) in [7, 11) is 0. The van der Waals surface area contributed by atoms with E-state index >= 15 is 0 Å². The number of thioether (sulfide) groups is 1. The third-order valence-corrected chi connectivity index (χ3v) is 5.46. The van der Waals surface area contributed by atoms with Gasteiger partial charge in [0.25, 0.3) is 5.91 Å². The van der Waals surface area contributed by atoms with E-state index in [1.54, 1.807) is 29.2 Å². The van der Waals surface area contributed by atoms with Gasteiger partial charge in [0, 0.05) is 12.1 Å². The third kappa shape index (κ3) is 3.19. The summed E-state index contributed by atoms with van der Waals surface area (Å²) in [6.07, 6.45) is 3.66. The minimum atomic E-state index is -0.326. The average Bonchev–Trinajstić information content (AvgIpc) is 3.29. The van der Waals surface area contributed by atoms with E-state index in [4.69, 9.17) is 9.47 Å². The zero-order valence-electron chi connectivity index (χ0n) is 14.2. The van der Waals surface area contributed by atoms with E-state index in [1.165, 1.54) is 23.9 Å². The lowest BCUT2D eigenvalue weighted by atomic mass is 10.2. The molecule has 0 atom stereocenters. The van der Waals surface area contributed by atoms with Gasteiger partial charge in [-0.25, -0.2) is 9.38 Å². The molecule has 136 valence electrons. The minimum absolute atomic E-state index is 0.0775. The Labute approximate surface area is 159 Å². The molecule has 0 spiro atoms. The van der Waals surface area contributed by atoms with Crippen molar-refractivity contribution in [1.29, 1.82) is 0 Å². The molecule has 1 aliphatic carbocycles. The standard InChI is InChI=1S/C20H15FN2O3S/c21-13-3-1-2-12(8-13)9-18-19(24)23(15-5-6-15)20(27-18)22-14-4-7-16-17(10-14)26-11-25-16/h1-4,7-10,15H,5-6,11H2. The Bertz CT molecular complexity index is 1000. The van der Waals surface area contributed by atoms with Gasteiger partial charge in [-0.05, 0) is 60.5 Å². The van der Waals surface area contributed by atoms with Crippen molar-refractivity contribution in [1.82, 2.24) is 4.90 Å². The lowest BCUT2D eigenvalue weighted by Gasteiger charge is -2.14. The molecule has 1 amide bonds. The van der Waals surface area contributed by atoms with Crippen LogP contribution in [0, 0.1) is 5.82 Å². The van der Waals surface area contributed by atoms with Gasteiger partial charge in [0.05, 0.1) is 10.6 Å². The van der Waals surface area contributed by atoms with Crippen molar-refractivity contribution >= 4 is 34.6 Å². The summed E-state index contributed by atoms with van der Waals surface area (Å²) in [6.45, 7) is 0.206. The maximum Gasteiger partial charge on any atom is 0.267 e. The normalized spacial score (nSPS) is 21.5. The number of hydrogen-bond donors (Lipinski definition) is 0. The summed E-state index contributed by atoms with van der Waals surface area (Å²) in [4.78, 5) is 19.9. The maximum atomic E-state index is 13.4. The van der Waals surface area contributed by atoms with Crippen LogP contribution in [0.15, 0.2) is 52.4 Å². The Kier molecular flexibility index (Phi) is 3.89. The van der Waals surface area contributed by atoms with E-state index in [1.807, 2.05) is 12.1 Å². The van der Waals surface area contributed by atoms with Crippen LogP contribution in [0.3, 0.4) is 0 Å². The summed E-state index contributed by atoms with van der Waals surface area (Å²) < 4.78 is 24.2. The van der Waals surface area contributed by atoms with Crippen LogP contribution in [0.1, 0.15) is 18.4 Å². The van der Waals surface area contributed by atoms with Gasteiger partial charge in [-0.2, -0.15) is 0 Å². The van der Waals surface area contributed by atoms with Gasteiger partial charge in [0.15, 0.2) is 16.7 Å². The van der Waals surface area contributed by atoms with E-state index in [0.717, 1.165) is 12.8 Å². The number of halogens is 1. The first-order valence-corrected chi connectivity index (χ1v) is 9.46. The second-order valence-corrected chi connectivity index (χ2v) is 7.51. The molecule has 0 bridgehead atoms. The Morgan fingerprint density at radius 2 is 2.00 bits per heavy atom. The minimum Gasteiger partial charge on any atom is -0.454 e. The van der Waals surface area contributed by atoms with Crippen LogP contribution in [0.25, 0.3) is 6.08 Å². The first kappa shape index (κ1) is 16.4. The van der Waals surface area contributed by atoms with Crippen molar-refractivity contribution in [3.8, 4) is 11.5 Å². The fraction of sp³-hybridized carbons (Fsp3) is 0.200. The van der Waals surface area contributed by atoms with Gasteiger partial charge in [-0.3, -0.25) is 9.69 Å². The van der Waals surface area contributed by atoms with Crippen molar-refractivity contribution in [2.75, 3.05) is 6.79 Å². The van der Waals surface area contributed by atoms with Gasteiger partial charge in [0.1, 0.15) is 5.82 Å². The highest BCUT2D eigenvalue weighted by Gasteiger charge is 2.43. The Morgan fingerprint density at radius 1 is 1.15 bits per heavy atom. The molecule has 5 rings (SSSR count). The number of amides is 1. The zero-order chi connectivity index (χ0) is 18.4. The molecule has 0 unspecified atom stereocenters. The number of benzene rings is 2. The maximum absolute atomic E-state index is 13.4. The van der Waals surface area contributed by atoms with Crippen LogP contribution in [0.5, 0.6) is 11.5 Å². The van der Waals surface area contributed by atoms with Gasteiger partial charge in [0.2, 0.25) is 6.79 Å². The largest absolute Gasteiger partial charge is 0.454 e. The highest BCUT2D eigenvalue weighted by Crippen LogP contribution is 2.42. The summed E-state index contributed by atoms with van der Waals surface area (Å²) >= 11 is 1.32. The van der Waals surface area contributed by atoms with Crippen LogP contribution in [0.4, 0.5) is 10.1 Å². The molecule has 0 N–H and O–H groups in total. The molecule has 2 fully saturated rings. The summed E-state index contributed by atoms with van der Waals surface area (Å²) in [5, 5.41) is 0.643. The fourth-order valence-corrected chi connectivity index (χ4v) is 4.09. The van der Waals surface area contributed by atoms with Crippen LogP contribution >= 0.6 is 11.8 Å². The monoisotopic (exact) mass is 382 g/mol. The SMILES string of the molecule is O=C1C(=Cc2cccc(F)c2)SC(=Nc2ccc3c(c2)OCO3)N1C1CC1. The molecule has 5 nitrogen and oxygen atoms in total. The molecular weight excluding hydrogens is 367 g/mol. The number of aliphatic imine (C=N–C) groups is 1. The number of carbonyl (C=O) groups is 1. The topological polar surface area (TPSA) is 51.1 Å². The Morgan fingerprint density at radius 3 is 2.81 bits per heavy atom. The van der Waals surface area contributed by atoms with Crippen LogP contribution in [-0.4, -0.2) is 28.8 Å². The Hall–Kier alpha value is -2.80. The summed E-state index contributed by atoms with van der Waals surface area (Å²) in [5.41, 5.74) is 1.36. The average molecular weight is 382 g/mol. The van der Waals surface area contributed by atoms with Crippen LogP contribution in [0.2, 0.25) is 0 Å². The van der Waals surface area contributed by atoms with Crippen molar-refractivity contribution in [3.63, 3.8) is 0 Å². The molecule has 1 saturated heterocycles. The van der Waals surface area contributed by atoms with Gasteiger partial charge in [-0.15, -0.1) is 0 Å². The Balaban J connectivity index is 1.49. The first-order valence-electron chi connectivity index (χ1n) is 8.64. The molecule has 2 aromatic carbocycles. The van der Waals surface area contributed by atoms with Gasteiger partial charge < -0.3 is 9.47 Å². The molecule has 0 aromatic heterocycles. The number of rotatable bonds is 3. The quantitative estimate of drug-likeness (QED) is 0.742. The third-order valence-electron chi connectivity index (χ3n) is 4.48. The molecule has 0 radical (unpaired) electrons. The van der Waals surface area contributed by atoms with E-state index in [0.29, 0.717) is 32.8 Å². The number of amidine groups is 1. The lowest BCUT2D eigenvalue weighted by molar-refractivity contribution is -0.122. The first-order chi connectivity index (χ1) is 13.2. The van der Waals surface area contributed by atoms with E-state index in [2.05, 4.69) is 4.99 Å². The number of carbonyl (C=O) groups excluding carboxylic acids is 1. The lowest BCUT2D eigenvalue weighted by Crippen LogP contribution is -2.31. The number of nitrogens with zero attached hydrogens (tertiary/aromatic N) is 2. The van der Waals surface area contributed by atoms with Gasteiger partial charge >= 0.3 is 0 Å². The highest BCUT2D eigenvalue weighted by molar-refractivity contribution is 8.18. The van der Waals surface area contributed by atoms with Crippen LogP contribution < -0.4 is 9.47 Å².